The molecular weight excluding hydrogens is 350 g/mol. The van der Waals surface area contributed by atoms with Crippen LogP contribution in [0.2, 0.25) is 0 Å². The number of nitro benzene ring substituents is 1. The van der Waals surface area contributed by atoms with Gasteiger partial charge in [0, 0.05) is 6.07 Å². The fourth-order valence-corrected chi connectivity index (χ4v) is 2.30. The molecule has 0 saturated carbocycles. The second-order valence-corrected chi connectivity index (χ2v) is 6.76. The molecule has 2 rings (SSSR count). The molecule has 2 aromatic rings. The number of ether oxygens (including phenoxy) is 1. The van der Waals surface area contributed by atoms with Crippen molar-refractivity contribution in [3.63, 3.8) is 0 Å². The highest BCUT2D eigenvalue weighted by Crippen LogP contribution is 2.22. The van der Waals surface area contributed by atoms with Crippen LogP contribution in [0.5, 0.6) is 0 Å². The van der Waals surface area contributed by atoms with Crippen LogP contribution in [0, 0.1) is 10.1 Å². The quantitative estimate of drug-likeness (QED) is 0.652. The van der Waals surface area contributed by atoms with Crippen molar-refractivity contribution in [1.29, 1.82) is 0 Å². The lowest BCUT2D eigenvalue weighted by atomic mass is 10.1. The molecular formula is C19H21N3O5. The van der Waals surface area contributed by atoms with Gasteiger partial charge in [0.25, 0.3) is 11.6 Å². The van der Waals surface area contributed by atoms with Crippen LogP contribution >= 0.6 is 0 Å². The number of nitro groups is 1. The van der Waals surface area contributed by atoms with Gasteiger partial charge in [-0.2, -0.15) is 0 Å². The fourth-order valence-electron chi connectivity index (χ4n) is 2.30. The van der Waals surface area contributed by atoms with Crippen LogP contribution in [0.3, 0.4) is 0 Å². The van der Waals surface area contributed by atoms with E-state index >= 15 is 0 Å². The molecule has 0 heterocycles. The van der Waals surface area contributed by atoms with Gasteiger partial charge in [-0.1, -0.05) is 42.5 Å². The summed E-state index contributed by atoms with van der Waals surface area (Å²) < 4.78 is 5.14. The number of nitrogens with zero attached hydrogens (tertiary/aromatic N) is 2. The van der Waals surface area contributed by atoms with E-state index in [4.69, 9.17) is 4.74 Å². The van der Waals surface area contributed by atoms with Crippen molar-refractivity contribution in [2.45, 2.75) is 32.9 Å². The van der Waals surface area contributed by atoms with Crippen LogP contribution in [0.4, 0.5) is 10.5 Å². The van der Waals surface area contributed by atoms with Crippen molar-refractivity contribution in [3.05, 3.63) is 75.8 Å². The number of carbonyl (C=O) groups excluding carboxylic acids is 2. The zero-order valence-electron chi connectivity index (χ0n) is 15.3. The second kappa shape index (κ2) is 8.31. The summed E-state index contributed by atoms with van der Waals surface area (Å²) in [4.78, 5) is 35.6. The van der Waals surface area contributed by atoms with E-state index in [0.29, 0.717) is 0 Å². The van der Waals surface area contributed by atoms with E-state index < -0.39 is 22.5 Å². The Bertz CT molecular complexity index is 831. The number of benzene rings is 2. The molecule has 0 atom stereocenters. The maximum absolute atomic E-state index is 12.9. The van der Waals surface area contributed by atoms with Crippen LogP contribution in [0.1, 0.15) is 36.7 Å². The summed E-state index contributed by atoms with van der Waals surface area (Å²) in [6, 6.07) is 14.6. The lowest BCUT2D eigenvalue weighted by Crippen LogP contribution is -2.56. The topological polar surface area (TPSA) is 102 Å². The molecule has 142 valence electrons. The van der Waals surface area contributed by atoms with Crippen molar-refractivity contribution in [2.75, 3.05) is 0 Å². The molecule has 0 bridgehead atoms. The molecule has 0 radical (unpaired) electrons. The summed E-state index contributed by atoms with van der Waals surface area (Å²) in [6.45, 7) is 5.11. The molecule has 8 heteroatoms. The molecule has 0 aromatic heterocycles. The van der Waals surface area contributed by atoms with Crippen molar-refractivity contribution >= 4 is 17.7 Å². The maximum atomic E-state index is 12.9. The summed E-state index contributed by atoms with van der Waals surface area (Å²) in [5, 5.41) is 12.2. The van der Waals surface area contributed by atoms with Gasteiger partial charge in [-0.3, -0.25) is 14.9 Å². The Labute approximate surface area is 156 Å². The smallest absolute Gasteiger partial charge is 0.426 e. The number of rotatable bonds is 4. The SMILES string of the molecule is CC(C)(C)N(NC(=O)OCc1ccccc1)C(=O)c1ccccc1[N+](=O)[O-]. The van der Waals surface area contributed by atoms with Gasteiger partial charge in [0.05, 0.1) is 10.5 Å². The number of amides is 2. The van der Waals surface area contributed by atoms with Crippen LogP contribution in [0.15, 0.2) is 54.6 Å². The minimum Gasteiger partial charge on any atom is -0.443 e. The Hall–Kier alpha value is -3.42. The average molecular weight is 371 g/mol. The molecule has 0 saturated heterocycles. The maximum Gasteiger partial charge on any atom is 0.426 e. The molecule has 2 aromatic carbocycles. The van der Waals surface area contributed by atoms with E-state index in [1.54, 1.807) is 32.9 Å². The van der Waals surface area contributed by atoms with Crippen molar-refractivity contribution < 1.29 is 19.2 Å². The summed E-state index contributed by atoms with van der Waals surface area (Å²) >= 11 is 0. The Kier molecular flexibility index (Phi) is 6.12. The molecule has 0 unspecified atom stereocenters. The highest BCUT2D eigenvalue weighted by molar-refractivity contribution is 5.99. The zero-order chi connectivity index (χ0) is 20.0. The minimum atomic E-state index is -0.841. The predicted molar refractivity (Wildman–Crippen MR) is 98.8 cm³/mol. The Morgan fingerprint density at radius 1 is 1.07 bits per heavy atom. The standard InChI is InChI=1S/C19H21N3O5/c1-19(2,3)21(17(23)15-11-7-8-12-16(15)22(25)26)20-18(24)27-13-14-9-5-4-6-10-14/h4-12H,13H2,1-3H3,(H,20,24). The normalized spacial score (nSPS) is 10.8. The van der Waals surface area contributed by atoms with E-state index in [-0.39, 0.29) is 17.9 Å². The van der Waals surface area contributed by atoms with Gasteiger partial charge in [-0.15, -0.1) is 0 Å². The Balaban J connectivity index is 2.17. The average Bonchev–Trinajstić information content (AvgIpc) is 2.63. The number of hydrogen-bond acceptors (Lipinski definition) is 5. The van der Waals surface area contributed by atoms with Gasteiger partial charge in [-0.25, -0.2) is 15.2 Å². The van der Waals surface area contributed by atoms with Crippen molar-refractivity contribution in [1.82, 2.24) is 10.4 Å². The van der Waals surface area contributed by atoms with Gasteiger partial charge in [0.2, 0.25) is 0 Å². The fraction of sp³-hybridized carbons (Fsp3) is 0.263. The number of carbonyl (C=O) groups is 2. The molecule has 0 aliphatic carbocycles. The van der Waals surface area contributed by atoms with Gasteiger partial charge in [0.15, 0.2) is 0 Å². The van der Waals surface area contributed by atoms with Gasteiger partial charge in [-0.05, 0) is 32.4 Å². The molecule has 8 nitrogen and oxygen atoms in total. The first kappa shape index (κ1) is 19.9. The molecule has 2 amide bonds. The lowest BCUT2D eigenvalue weighted by Gasteiger charge is -2.34. The predicted octanol–water partition coefficient (Wildman–Crippen LogP) is 3.68. The Morgan fingerprint density at radius 3 is 2.26 bits per heavy atom. The number of hydrogen-bond donors (Lipinski definition) is 1. The van der Waals surface area contributed by atoms with Crippen LogP contribution in [-0.4, -0.2) is 27.5 Å². The van der Waals surface area contributed by atoms with Gasteiger partial charge < -0.3 is 4.74 Å². The van der Waals surface area contributed by atoms with Crippen LogP contribution in [-0.2, 0) is 11.3 Å². The summed E-state index contributed by atoms with van der Waals surface area (Å²) in [5.74, 6) is -0.702. The van der Waals surface area contributed by atoms with Gasteiger partial charge in [0.1, 0.15) is 12.2 Å². The second-order valence-electron chi connectivity index (χ2n) is 6.76. The zero-order valence-corrected chi connectivity index (χ0v) is 15.3. The first-order chi connectivity index (χ1) is 12.7. The molecule has 0 aliphatic rings. The van der Waals surface area contributed by atoms with E-state index in [0.717, 1.165) is 10.6 Å². The highest BCUT2D eigenvalue weighted by Gasteiger charge is 2.33. The Morgan fingerprint density at radius 2 is 1.67 bits per heavy atom. The third kappa shape index (κ3) is 5.27. The lowest BCUT2D eigenvalue weighted by molar-refractivity contribution is -0.385. The molecule has 1 N–H and O–H groups in total. The van der Waals surface area contributed by atoms with Crippen LogP contribution < -0.4 is 5.43 Å². The van der Waals surface area contributed by atoms with Crippen molar-refractivity contribution in [2.24, 2.45) is 0 Å². The van der Waals surface area contributed by atoms with Crippen molar-refractivity contribution in [3.8, 4) is 0 Å². The molecule has 0 aliphatic heterocycles. The first-order valence-electron chi connectivity index (χ1n) is 8.25. The van der Waals surface area contributed by atoms with Crippen LogP contribution in [0.25, 0.3) is 0 Å². The number of hydrazine groups is 1. The van der Waals surface area contributed by atoms with E-state index in [2.05, 4.69) is 5.43 Å². The molecule has 0 fully saturated rings. The number of nitrogens with one attached hydrogen (secondary N) is 1. The van der Waals surface area contributed by atoms with E-state index in [1.807, 2.05) is 18.2 Å². The monoisotopic (exact) mass is 371 g/mol. The van der Waals surface area contributed by atoms with E-state index in [9.17, 15) is 19.7 Å². The third-order valence-corrected chi connectivity index (χ3v) is 3.62. The minimum absolute atomic E-state index is 0.0321. The summed E-state index contributed by atoms with van der Waals surface area (Å²) in [7, 11) is 0. The largest absolute Gasteiger partial charge is 0.443 e. The number of para-hydroxylation sites is 1. The third-order valence-electron chi connectivity index (χ3n) is 3.62. The van der Waals surface area contributed by atoms with Gasteiger partial charge >= 0.3 is 6.09 Å². The first-order valence-corrected chi connectivity index (χ1v) is 8.25. The van der Waals surface area contributed by atoms with E-state index in [1.165, 1.54) is 24.3 Å². The highest BCUT2D eigenvalue weighted by atomic mass is 16.6. The molecule has 0 spiro atoms. The summed E-state index contributed by atoms with van der Waals surface area (Å²) in [5.41, 5.74) is 1.88. The summed E-state index contributed by atoms with van der Waals surface area (Å²) in [6.07, 6.45) is -0.833. The molecule has 27 heavy (non-hydrogen) atoms.